The molecule has 1 atom stereocenters. The molecule has 1 aliphatic heterocycles. The maximum atomic E-state index is 12.5. The number of β-amino-alcohol motifs (C(OH)–C–C–N with tert-alkyl or cyclic N) is 1. The minimum Gasteiger partial charge on any atom is -0.383 e. The van der Waals surface area contributed by atoms with Crippen molar-refractivity contribution in [2.75, 3.05) is 13.1 Å². The second kappa shape index (κ2) is 7.32. The van der Waals surface area contributed by atoms with Crippen molar-refractivity contribution in [3.63, 3.8) is 0 Å². The average molecular weight is 363 g/mol. The number of nitrogens with zero attached hydrogens (tertiary/aromatic N) is 3. The molecule has 1 aliphatic rings. The Morgan fingerprint density at radius 3 is 2.56 bits per heavy atom. The molecule has 0 radical (unpaired) electrons. The van der Waals surface area contributed by atoms with E-state index in [-0.39, 0.29) is 12.3 Å². The lowest BCUT2D eigenvalue weighted by Gasteiger charge is -2.23. The standard InChI is InChI=1S/C21H21N3O3/c25-19(24-14-13-21(26,15-24)17-9-5-2-6-10-17)12-11-18-22-20(23-27-18)16-7-3-1-4-8-16/h1-10,26H,11-15H2. The maximum absolute atomic E-state index is 12.5. The third-order valence-electron chi connectivity index (χ3n) is 4.96. The number of rotatable bonds is 5. The van der Waals surface area contributed by atoms with Crippen LogP contribution in [0.15, 0.2) is 65.2 Å². The summed E-state index contributed by atoms with van der Waals surface area (Å²) >= 11 is 0. The van der Waals surface area contributed by atoms with Crippen molar-refractivity contribution in [1.82, 2.24) is 15.0 Å². The van der Waals surface area contributed by atoms with Gasteiger partial charge in [-0.05, 0) is 12.0 Å². The van der Waals surface area contributed by atoms with Crippen molar-refractivity contribution in [2.45, 2.75) is 24.9 Å². The zero-order valence-corrected chi connectivity index (χ0v) is 14.9. The van der Waals surface area contributed by atoms with Crippen molar-refractivity contribution in [3.8, 4) is 11.4 Å². The summed E-state index contributed by atoms with van der Waals surface area (Å²) in [5.41, 5.74) is 0.762. The molecule has 27 heavy (non-hydrogen) atoms. The van der Waals surface area contributed by atoms with Gasteiger partial charge in [-0.3, -0.25) is 4.79 Å². The number of benzene rings is 2. The number of hydrogen-bond acceptors (Lipinski definition) is 5. The Morgan fingerprint density at radius 2 is 1.81 bits per heavy atom. The lowest BCUT2D eigenvalue weighted by atomic mass is 9.93. The van der Waals surface area contributed by atoms with Crippen molar-refractivity contribution < 1.29 is 14.4 Å². The van der Waals surface area contributed by atoms with Gasteiger partial charge in [0.15, 0.2) is 0 Å². The van der Waals surface area contributed by atoms with Gasteiger partial charge in [0.2, 0.25) is 17.6 Å². The number of carbonyl (C=O) groups is 1. The Bertz CT molecular complexity index is 911. The van der Waals surface area contributed by atoms with Gasteiger partial charge in [0.25, 0.3) is 0 Å². The lowest BCUT2D eigenvalue weighted by molar-refractivity contribution is -0.131. The molecule has 0 aliphatic carbocycles. The second-order valence-corrected chi connectivity index (χ2v) is 6.84. The minimum atomic E-state index is -0.970. The Balaban J connectivity index is 1.35. The van der Waals surface area contributed by atoms with Crippen LogP contribution in [0.2, 0.25) is 0 Å². The van der Waals surface area contributed by atoms with Crippen molar-refractivity contribution in [2.24, 2.45) is 0 Å². The third-order valence-corrected chi connectivity index (χ3v) is 4.96. The Morgan fingerprint density at radius 1 is 1.11 bits per heavy atom. The van der Waals surface area contributed by atoms with E-state index in [0.717, 1.165) is 11.1 Å². The monoisotopic (exact) mass is 363 g/mol. The van der Waals surface area contributed by atoms with Crippen LogP contribution in [-0.4, -0.2) is 39.1 Å². The summed E-state index contributed by atoms with van der Waals surface area (Å²) < 4.78 is 5.26. The highest BCUT2D eigenvalue weighted by molar-refractivity contribution is 5.76. The van der Waals surface area contributed by atoms with E-state index in [0.29, 0.717) is 37.6 Å². The van der Waals surface area contributed by atoms with Gasteiger partial charge in [0.1, 0.15) is 5.60 Å². The van der Waals surface area contributed by atoms with Gasteiger partial charge in [-0.25, -0.2) is 0 Å². The fraction of sp³-hybridized carbons (Fsp3) is 0.286. The third kappa shape index (κ3) is 3.75. The number of aromatic nitrogens is 2. The van der Waals surface area contributed by atoms with Crippen molar-refractivity contribution in [3.05, 3.63) is 72.1 Å². The first-order valence-electron chi connectivity index (χ1n) is 9.08. The first kappa shape index (κ1) is 17.4. The highest BCUT2D eigenvalue weighted by Crippen LogP contribution is 2.32. The van der Waals surface area contributed by atoms with Crippen LogP contribution in [0.4, 0.5) is 0 Å². The van der Waals surface area contributed by atoms with E-state index in [2.05, 4.69) is 10.1 Å². The molecule has 1 N–H and O–H groups in total. The van der Waals surface area contributed by atoms with Crippen LogP contribution in [-0.2, 0) is 16.8 Å². The number of amides is 1. The molecular weight excluding hydrogens is 342 g/mol. The van der Waals surface area contributed by atoms with E-state index < -0.39 is 5.60 Å². The number of aliphatic hydroxyl groups is 1. The molecule has 6 heteroatoms. The van der Waals surface area contributed by atoms with Gasteiger partial charge in [-0.2, -0.15) is 4.98 Å². The summed E-state index contributed by atoms with van der Waals surface area (Å²) in [6, 6.07) is 19.1. The summed E-state index contributed by atoms with van der Waals surface area (Å²) in [5, 5.41) is 14.8. The average Bonchev–Trinajstić information content (AvgIpc) is 3.35. The molecule has 0 saturated carbocycles. The molecule has 138 valence electrons. The predicted molar refractivity (Wildman–Crippen MR) is 99.6 cm³/mol. The summed E-state index contributed by atoms with van der Waals surface area (Å²) in [4.78, 5) is 18.6. The van der Waals surface area contributed by atoms with Gasteiger partial charge >= 0.3 is 0 Å². The number of aryl methyl sites for hydroxylation is 1. The maximum Gasteiger partial charge on any atom is 0.227 e. The molecule has 1 fully saturated rings. The predicted octanol–water partition coefficient (Wildman–Crippen LogP) is 2.79. The topological polar surface area (TPSA) is 79.5 Å². The first-order chi connectivity index (χ1) is 13.1. The first-order valence-corrected chi connectivity index (χ1v) is 9.08. The summed E-state index contributed by atoms with van der Waals surface area (Å²) in [6.07, 6.45) is 1.21. The van der Waals surface area contributed by atoms with Crippen LogP contribution in [0.25, 0.3) is 11.4 Å². The Hall–Kier alpha value is -2.99. The molecule has 6 nitrogen and oxygen atoms in total. The number of hydrogen-bond donors (Lipinski definition) is 1. The van der Waals surface area contributed by atoms with E-state index in [1.54, 1.807) is 4.90 Å². The smallest absolute Gasteiger partial charge is 0.227 e. The molecule has 4 rings (SSSR count). The fourth-order valence-electron chi connectivity index (χ4n) is 3.42. The second-order valence-electron chi connectivity index (χ2n) is 6.84. The van der Waals surface area contributed by atoms with E-state index in [1.807, 2.05) is 60.7 Å². The van der Waals surface area contributed by atoms with Gasteiger partial charge in [-0.1, -0.05) is 65.8 Å². The molecule has 1 saturated heterocycles. The van der Waals surface area contributed by atoms with Crippen LogP contribution in [0.1, 0.15) is 24.3 Å². The van der Waals surface area contributed by atoms with E-state index >= 15 is 0 Å². The zero-order valence-electron chi connectivity index (χ0n) is 14.9. The van der Waals surface area contributed by atoms with Crippen LogP contribution in [0, 0.1) is 0 Å². The summed E-state index contributed by atoms with van der Waals surface area (Å²) in [5.74, 6) is 0.957. The van der Waals surface area contributed by atoms with Crippen LogP contribution < -0.4 is 0 Å². The quantitative estimate of drug-likeness (QED) is 0.754. The highest BCUT2D eigenvalue weighted by Gasteiger charge is 2.39. The summed E-state index contributed by atoms with van der Waals surface area (Å²) in [6.45, 7) is 0.859. The molecular formula is C21H21N3O3. The molecule has 1 amide bonds. The highest BCUT2D eigenvalue weighted by atomic mass is 16.5. The lowest BCUT2D eigenvalue weighted by Crippen LogP contribution is -2.34. The minimum absolute atomic E-state index is 0.0127. The molecule has 2 aromatic carbocycles. The molecule has 2 heterocycles. The molecule has 1 aromatic heterocycles. The summed E-state index contributed by atoms with van der Waals surface area (Å²) in [7, 11) is 0. The van der Waals surface area contributed by atoms with Crippen molar-refractivity contribution in [1.29, 1.82) is 0 Å². The fourth-order valence-corrected chi connectivity index (χ4v) is 3.42. The van der Waals surface area contributed by atoms with E-state index in [4.69, 9.17) is 4.52 Å². The van der Waals surface area contributed by atoms with Gasteiger partial charge in [0.05, 0.1) is 6.54 Å². The van der Waals surface area contributed by atoms with E-state index in [1.165, 1.54) is 0 Å². The van der Waals surface area contributed by atoms with Crippen LogP contribution in [0.5, 0.6) is 0 Å². The van der Waals surface area contributed by atoms with Crippen LogP contribution in [0.3, 0.4) is 0 Å². The van der Waals surface area contributed by atoms with Crippen LogP contribution >= 0.6 is 0 Å². The van der Waals surface area contributed by atoms with E-state index in [9.17, 15) is 9.90 Å². The van der Waals surface area contributed by atoms with Crippen molar-refractivity contribution >= 4 is 5.91 Å². The molecule has 1 unspecified atom stereocenters. The van der Waals surface area contributed by atoms with Gasteiger partial charge < -0.3 is 14.5 Å². The van der Waals surface area contributed by atoms with Gasteiger partial charge in [-0.15, -0.1) is 0 Å². The SMILES string of the molecule is O=C(CCc1nc(-c2ccccc2)no1)N1CCC(O)(c2ccccc2)C1. The number of carbonyl (C=O) groups excluding carboxylic acids is 1. The largest absolute Gasteiger partial charge is 0.383 e. The molecule has 3 aromatic rings. The normalized spacial score (nSPS) is 19.4. The number of likely N-dealkylation sites (tertiary alicyclic amines) is 1. The van der Waals surface area contributed by atoms with Gasteiger partial charge in [0, 0.05) is 24.9 Å². The zero-order chi connectivity index (χ0) is 18.7. The molecule has 0 bridgehead atoms. The Kier molecular flexibility index (Phi) is 4.73. The Labute approximate surface area is 157 Å². The molecule has 0 spiro atoms.